The summed E-state index contributed by atoms with van der Waals surface area (Å²) < 4.78 is 43.1. The summed E-state index contributed by atoms with van der Waals surface area (Å²) in [5, 5.41) is 147. The van der Waals surface area contributed by atoms with Crippen molar-refractivity contribution in [1.82, 2.24) is 0 Å². The molecule has 0 aliphatic heterocycles. The molecule has 27 nitrogen and oxygen atoms in total. The lowest BCUT2D eigenvalue weighted by molar-refractivity contribution is 0.209. The lowest BCUT2D eigenvalue weighted by Crippen LogP contribution is -2.09. The molecule has 1 unspecified atom stereocenters. The van der Waals surface area contributed by atoms with Gasteiger partial charge in [0, 0.05) is 76.9 Å². The SMILES string of the molecule is CCC(C)Oc1ccc(-c2oc3cc(O)cc(O)c3c(=O)c2O)cc1O.CCCOc1ccc(-c2oc3cc(O)cc(O)c3c(=O)c2O)cc1O.CCOc1ccc(-c2cc(=O)c3c(O)cc(O)cc3o2)cc1O.COc1ccc(-c2oc3cc(O)cc(O)c3c(=O)c2O)cc1O. The molecular formula is C70H60O27. The molecule has 4 heterocycles. The second-order valence-electron chi connectivity index (χ2n) is 21.2. The van der Waals surface area contributed by atoms with Crippen molar-refractivity contribution < 1.29 is 113 Å². The smallest absolute Gasteiger partial charge is 0.238 e. The standard InChI is InChI=1S/C19H18O7.C18H16O7.C17H14O6.C16H12O7/c1-3-9(2)25-14-5-4-10(6-12(14)21)19-18(24)17(23)16-13(22)7-11(20)8-15(16)26-19;1-2-5-24-13-4-3-9(6-11(13)20)18-17(23)16(22)15-12(21)7-10(19)8-14(15)25-18;1-2-22-14-4-3-9(5-11(14)19)15-8-13(21)17-12(20)6-10(18)7-16(17)23-15;1-22-11-3-2-7(4-9(11)18)16-15(21)14(20)13-10(19)5-8(17)6-12(13)23-16/h4-9,20-22,24H,3H2,1-2H3;3-4,6-8,19-21,23H,2,5H2,1H3;3-8,18-20H,2H2,1H3;2-6,17-19,21H,1H3. The first-order valence-electron chi connectivity index (χ1n) is 29.1. The van der Waals surface area contributed by atoms with E-state index in [4.69, 9.17) is 36.6 Å². The summed E-state index contributed by atoms with van der Waals surface area (Å²) >= 11 is 0. The molecule has 0 saturated carbocycles. The highest BCUT2D eigenvalue weighted by atomic mass is 16.5. The molecule has 15 N–H and O–H groups in total. The zero-order valence-electron chi connectivity index (χ0n) is 51.6. The maximum absolute atomic E-state index is 12.4. The average molecular weight is 1330 g/mol. The lowest BCUT2D eigenvalue weighted by Gasteiger charge is -2.14. The number of hydrogen-bond donors (Lipinski definition) is 15. The highest BCUT2D eigenvalue weighted by Gasteiger charge is 2.24. The van der Waals surface area contributed by atoms with Crippen LogP contribution in [0.1, 0.15) is 40.5 Å². The molecule has 502 valence electrons. The Balaban J connectivity index is 0.000000152. The fourth-order valence-electron chi connectivity index (χ4n) is 9.64. The van der Waals surface area contributed by atoms with E-state index < -0.39 is 56.2 Å². The van der Waals surface area contributed by atoms with Crippen molar-refractivity contribution in [1.29, 1.82) is 0 Å². The van der Waals surface area contributed by atoms with Crippen LogP contribution in [0.4, 0.5) is 0 Å². The second-order valence-corrected chi connectivity index (χ2v) is 21.2. The van der Waals surface area contributed by atoms with Gasteiger partial charge in [-0.05, 0) is 99.5 Å². The summed E-state index contributed by atoms with van der Waals surface area (Å²) in [7, 11) is 1.38. The van der Waals surface area contributed by atoms with Crippen molar-refractivity contribution in [2.24, 2.45) is 0 Å². The number of hydrogen-bond acceptors (Lipinski definition) is 27. The lowest BCUT2D eigenvalue weighted by atomic mass is 10.1. The largest absolute Gasteiger partial charge is 0.508 e. The summed E-state index contributed by atoms with van der Waals surface area (Å²) in [6.07, 6.45) is 1.44. The van der Waals surface area contributed by atoms with Gasteiger partial charge in [-0.15, -0.1) is 0 Å². The molecule has 12 rings (SSSR count). The van der Waals surface area contributed by atoms with Crippen LogP contribution in [0.5, 0.6) is 109 Å². The van der Waals surface area contributed by atoms with Gasteiger partial charge in [-0.25, -0.2) is 0 Å². The number of rotatable bonds is 13. The van der Waals surface area contributed by atoms with E-state index in [9.17, 15) is 95.8 Å². The summed E-state index contributed by atoms with van der Waals surface area (Å²) in [5.41, 5.74) is -2.08. The van der Waals surface area contributed by atoms with Crippen molar-refractivity contribution in [2.75, 3.05) is 20.3 Å². The molecule has 0 saturated heterocycles. The number of phenolic OH excluding ortho intramolecular Hbond substituents is 12. The molecular weight excluding hydrogens is 1270 g/mol. The Labute approximate surface area is 544 Å². The quantitative estimate of drug-likeness (QED) is 0.0510. The van der Waals surface area contributed by atoms with Crippen molar-refractivity contribution in [2.45, 2.75) is 46.6 Å². The molecule has 0 fully saturated rings. The van der Waals surface area contributed by atoms with Gasteiger partial charge in [0.1, 0.15) is 95.6 Å². The van der Waals surface area contributed by atoms with Gasteiger partial charge >= 0.3 is 0 Å². The fraction of sp³-hybridized carbons (Fsp3) is 0.143. The molecule has 0 radical (unpaired) electrons. The molecule has 0 aliphatic rings. The van der Waals surface area contributed by atoms with Crippen molar-refractivity contribution in [3.63, 3.8) is 0 Å². The highest BCUT2D eigenvalue weighted by molar-refractivity contribution is 5.91. The fourth-order valence-corrected chi connectivity index (χ4v) is 9.64. The van der Waals surface area contributed by atoms with Crippen molar-refractivity contribution in [3.8, 4) is 155 Å². The van der Waals surface area contributed by atoms with E-state index in [0.29, 0.717) is 24.5 Å². The molecule has 0 aliphatic carbocycles. The molecule has 12 aromatic rings. The van der Waals surface area contributed by atoms with Gasteiger partial charge in [0.2, 0.25) is 33.5 Å². The van der Waals surface area contributed by atoms with Crippen LogP contribution in [0.2, 0.25) is 0 Å². The van der Waals surface area contributed by atoms with Crippen LogP contribution in [0.25, 0.3) is 89.2 Å². The first-order valence-corrected chi connectivity index (χ1v) is 29.1. The van der Waals surface area contributed by atoms with E-state index in [1.165, 1.54) is 79.9 Å². The van der Waals surface area contributed by atoms with Crippen molar-refractivity contribution >= 4 is 43.9 Å². The van der Waals surface area contributed by atoms with Gasteiger partial charge in [0.05, 0.1) is 26.4 Å². The summed E-state index contributed by atoms with van der Waals surface area (Å²) in [6, 6.07) is 27.3. The van der Waals surface area contributed by atoms with Crippen LogP contribution in [-0.4, -0.2) is 103 Å². The summed E-state index contributed by atoms with van der Waals surface area (Å²) in [4.78, 5) is 49.1. The zero-order valence-corrected chi connectivity index (χ0v) is 51.6. The molecule has 27 heteroatoms. The van der Waals surface area contributed by atoms with E-state index in [1.807, 2.05) is 20.8 Å². The Hall–Kier alpha value is -13.2. The van der Waals surface area contributed by atoms with E-state index in [0.717, 1.165) is 55.3 Å². The zero-order chi connectivity index (χ0) is 70.4. The van der Waals surface area contributed by atoms with Gasteiger partial charge in [-0.1, -0.05) is 13.8 Å². The van der Waals surface area contributed by atoms with E-state index >= 15 is 0 Å². The third-order valence-corrected chi connectivity index (χ3v) is 14.4. The molecule has 97 heavy (non-hydrogen) atoms. The Kier molecular flexibility index (Phi) is 19.9. The first-order chi connectivity index (χ1) is 46.1. The number of methoxy groups -OCH3 is 1. The van der Waals surface area contributed by atoms with Gasteiger partial charge in [0.15, 0.2) is 68.7 Å². The molecule has 0 bridgehead atoms. The molecule has 0 amide bonds. The Bertz CT molecular complexity index is 5260. The first kappa shape index (κ1) is 68.2. The van der Waals surface area contributed by atoms with E-state index in [-0.39, 0.29) is 159 Å². The maximum atomic E-state index is 12.4. The minimum atomic E-state index is -0.853. The predicted molar refractivity (Wildman–Crippen MR) is 351 cm³/mol. The van der Waals surface area contributed by atoms with E-state index in [2.05, 4.69) is 0 Å². The predicted octanol–water partition coefficient (Wildman–Crippen LogP) is 11.8. The average Bonchev–Trinajstić information content (AvgIpc) is 0.783. The number of phenols is 12. The Morgan fingerprint density at radius 2 is 0.711 bits per heavy atom. The highest BCUT2D eigenvalue weighted by Crippen LogP contribution is 2.43. The van der Waals surface area contributed by atoms with Crippen LogP contribution < -0.4 is 40.7 Å². The number of ether oxygens (including phenoxy) is 4. The maximum Gasteiger partial charge on any atom is 0.238 e. The number of aromatic hydroxyl groups is 15. The Morgan fingerprint density at radius 1 is 0.371 bits per heavy atom. The van der Waals surface area contributed by atoms with Crippen LogP contribution >= 0.6 is 0 Å². The Morgan fingerprint density at radius 3 is 1.07 bits per heavy atom. The third kappa shape index (κ3) is 14.4. The minimum absolute atomic E-state index is 0.0123. The molecule has 8 aromatic carbocycles. The number of fused-ring (bicyclic) bond motifs is 4. The van der Waals surface area contributed by atoms with Crippen LogP contribution in [0.3, 0.4) is 0 Å². The van der Waals surface area contributed by atoms with Gasteiger partial charge < -0.3 is 113 Å². The van der Waals surface area contributed by atoms with Crippen LogP contribution in [0, 0.1) is 0 Å². The molecule has 0 spiro atoms. The van der Waals surface area contributed by atoms with Crippen LogP contribution in [0.15, 0.2) is 164 Å². The topological polar surface area (TPSA) is 461 Å². The summed E-state index contributed by atoms with van der Waals surface area (Å²) in [5.74, 6) is -5.07. The van der Waals surface area contributed by atoms with Crippen LogP contribution in [-0.2, 0) is 0 Å². The monoisotopic (exact) mass is 1330 g/mol. The second kappa shape index (κ2) is 28.3. The minimum Gasteiger partial charge on any atom is -0.508 e. The number of benzene rings is 8. The molecule has 4 aromatic heterocycles. The van der Waals surface area contributed by atoms with Gasteiger partial charge in [0.25, 0.3) is 0 Å². The normalized spacial score (nSPS) is 11.2. The van der Waals surface area contributed by atoms with Gasteiger partial charge in [-0.2, -0.15) is 0 Å². The molecule has 1 atom stereocenters. The third-order valence-electron chi connectivity index (χ3n) is 14.4. The van der Waals surface area contributed by atoms with E-state index in [1.54, 1.807) is 19.1 Å². The summed E-state index contributed by atoms with van der Waals surface area (Å²) in [6.45, 7) is 8.38. The van der Waals surface area contributed by atoms with Gasteiger partial charge in [-0.3, -0.25) is 19.2 Å². The van der Waals surface area contributed by atoms with Crippen molar-refractivity contribution in [3.05, 3.63) is 168 Å².